The first-order chi connectivity index (χ1) is 17.0. The molecule has 3 unspecified atom stereocenters. The van der Waals surface area contributed by atoms with Crippen LogP contribution in [-0.2, 0) is 19.1 Å². The molecule has 0 aliphatic heterocycles. The number of hydrogen-bond donors (Lipinski definition) is 3. The van der Waals surface area contributed by atoms with Crippen LogP contribution in [0.2, 0.25) is 0 Å². The second-order valence-corrected chi connectivity index (χ2v) is 9.17. The zero-order valence-electron chi connectivity index (χ0n) is 19.9. The Balaban J connectivity index is 1.26. The number of alkyl carbamates (subject to hydrolysis) is 1. The number of fused-ring (bicyclic) bond motifs is 3. The first-order valence-electron chi connectivity index (χ1n) is 12.1. The van der Waals surface area contributed by atoms with Gasteiger partial charge in [-0.1, -0.05) is 55.0 Å². The van der Waals surface area contributed by atoms with Crippen LogP contribution in [0.4, 0.5) is 4.79 Å². The number of carboxylic acids is 1. The number of hydrogen-bond acceptors (Lipinski definition) is 5. The molecular weight excluding hydrogens is 448 g/mol. The van der Waals surface area contributed by atoms with Crippen molar-refractivity contribution in [3.05, 3.63) is 59.7 Å². The predicted molar refractivity (Wildman–Crippen MR) is 130 cm³/mol. The minimum absolute atomic E-state index is 0.000221. The number of carbonyl (C=O) groups excluding carboxylic acids is 2. The third-order valence-corrected chi connectivity index (χ3v) is 6.98. The lowest BCUT2D eigenvalue weighted by atomic mass is 9.85. The number of rotatable bonds is 9. The lowest BCUT2D eigenvalue weighted by molar-refractivity contribution is -0.149. The van der Waals surface area contributed by atoms with Crippen molar-refractivity contribution in [1.29, 1.82) is 0 Å². The van der Waals surface area contributed by atoms with Crippen molar-refractivity contribution in [2.45, 2.75) is 50.2 Å². The number of carboxylic acid groups (broad SMARTS) is 1. The van der Waals surface area contributed by atoms with Crippen LogP contribution in [-0.4, -0.2) is 55.5 Å². The zero-order chi connectivity index (χ0) is 24.8. The maximum Gasteiger partial charge on any atom is 0.407 e. The summed E-state index contributed by atoms with van der Waals surface area (Å²) in [5.41, 5.74) is 4.68. The second-order valence-electron chi connectivity index (χ2n) is 9.17. The highest BCUT2D eigenvalue weighted by molar-refractivity contribution is 5.80. The summed E-state index contributed by atoms with van der Waals surface area (Å²) < 4.78 is 10.5. The number of benzene rings is 2. The van der Waals surface area contributed by atoms with Crippen LogP contribution in [0.1, 0.15) is 49.1 Å². The molecule has 0 radical (unpaired) electrons. The van der Waals surface area contributed by atoms with E-state index < -0.39 is 18.2 Å². The van der Waals surface area contributed by atoms with Crippen LogP contribution in [0.3, 0.4) is 0 Å². The Labute approximate surface area is 205 Å². The van der Waals surface area contributed by atoms with Gasteiger partial charge in [-0.25, -0.2) is 9.59 Å². The Morgan fingerprint density at radius 3 is 2.31 bits per heavy atom. The third-order valence-electron chi connectivity index (χ3n) is 6.98. The van der Waals surface area contributed by atoms with Gasteiger partial charge in [-0.3, -0.25) is 4.79 Å². The first-order valence-corrected chi connectivity index (χ1v) is 12.1. The largest absolute Gasteiger partial charge is 0.479 e. The van der Waals surface area contributed by atoms with Crippen molar-refractivity contribution >= 4 is 18.0 Å². The van der Waals surface area contributed by atoms with E-state index in [2.05, 4.69) is 34.9 Å². The highest BCUT2D eigenvalue weighted by atomic mass is 16.5. The summed E-state index contributed by atoms with van der Waals surface area (Å²) in [6.45, 7) is 0.478. The molecule has 3 atom stereocenters. The Kier molecular flexibility index (Phi) is 8.02. The van der Waals surface area contributed by atoms with E-state index in [1.54, 1.807) is 0 Å². The molecule has 8 heteroatoms. The average Bonchev–Trinajstić information content (AvgIpc) is 3.19. The van der Waals surface area contributed by atoms with Crippen LogP contribution >= 0.6 is 0 Å². The Morgan fingerprint density at radius 2 is 1.69 bits per heavy atom. The number of aliphatic carboxylic acids is 1. The van der Waals surface area contributed by atoms with E-state index in [9.17, 15) is 14.4 Å². The van der Waals surface area contributed by atoms with Crippen LogP contribution in [0.15, 0.2) is 48.5 Å². The van der Waals surface area contributed by atoms with Gasteiger partial charge in [0, 0.05) is 38.0 Å². The van der Waals surface area contributed by atoms with Crippen molar-refractivity contribution in [2.24, 2.45) is 5.92 Å². The highest BCUT2D eigenvalue weighted by Crippen LogP contribution is 2.44. The van der Waals surface area contributed by atoms with Crippen LogP contribution in [0.25, 0.3) is 11.1 Å². The van der Waals surface area contributed by atoms with Gasteiger partial charge in [0.1, 0.15) is 6.61 Å². The maximum atomic E-state index is 12.6. The molecule has 2 aliphatic carbocycles. The van der Waals surface area contributed by atoms with E-state index in [1.807, 2.05) is 24.3 Å². The van der Waals surface area contributed by atoms with E-state index in [4.69, 9.17) is 14.6 Å². The SMILES string of the molecule is COC(CCNC(=O)C1CCCC(NC(=O)OCC2c3ccccc3-c3ccccc32)C1)C(=O)O. The maximum absolute atomic E-state index is 12.6. The Morgan fingerprint density at radius 1 is 1.03 bits per heavy atom. The standard InChI is InChI=1S/C27H32N2O6/c1-34-24(26(31)32)13-14-28-25(30)17-7-6-8-18(15-17)29-27(33)35-16-23-21-11-4-2-9-19(21)20-10-3-5-12-22(20)23/h2-5,9-12,17-18,23-24H,6-8,13-16H2,1H3,(H,28,30)(H,29,33)(H,31,32). The smallest absolute Gasteiger partial charge is 0.407 e. The minimum atomic E-state index is -1.05. The predicted octanol–water partition coefficient (Wildman–Crippen LogP) is 3.69. The molecule has 2 amide bonds. The van der Waals surface area contributed by atoms with E-state index in [1.165, 1.54) is 18.2 Å². The molecule has 0 saturated heterocycles. The van der Waals surface area contributed by atoms with Gasteiger partial charge in [0.2, 0.25) is 5.91 Å². The summed E-state index contributed by atoms with van der Waals surface area (Å²) in [6, 6.07) is 16.3. The number of nitrogens with one attached hydrogen (secondary N) is 2. The fraction of sp³-hybridized carbons (Fsp3) is 0.444. The number of ether oxygens (including phenoxy) is 2. The molecule has 35 heavy (non-hydrogen) atoms. The zero-order valence-corrected chi connectivity index (χ0v) is 19.9. The molecule has 3 N–H and O–H groups in total. The summed E-state index contributed by atoms with van der Waals surface area (Å²) in [4.78, 5) is 36.2. The average molecular weight is 481 g/mol. The van der Waals surface area contributed by atoms with Crippen LogP contribution in [0.5, 0.6) is 0 Å². The van der Waals surface area contributed by atoms with Crippen LogP contribution in [0, 0.1) is 5.92 Å². The Bertz CT molecular complexity index is 1030. The van der Waals surface area contributed by atoms with Crippen molar-refractivity contribution in [2.75, 3.05) is 20.3 Å². The molecule has 0 heterocycles. The fourth-order valence-corrected chi connectivity index (χ4v) is 5.18. The Hall–Kier alpha value is -3.39. The molecule has 2 aliphatic rings. The van der Waals surface area contributed by atoms with Gasteiger partial charge in [0.05, 0.1) is 0 Å². The molecule has 186 valence electrons. The first kappa shape index (κ1) is 24.7. The summed E-state index contributed by atoms with van der Waals surface area (Å²) in [5.74, 6) is -1.40. The molecule has 0 bridgehead atoms. The fourth-order valence-electron chi connectivity index (χ4n) is 5.18. The summed E-state index contributed by atoms with van der Waals surface area (Å²) in [7, 11) is 1.33. The number of carbonyl (C=O) groups is 3. The molecule has 2 aromatic rings. The van der Waals surface area contributed by atoms with Crippen molar-refractivity contribution in [3.8, 4) is 11.1 Å². The van der Waals surface area contributed by atoms with Gasteiger partial charge >= 0.3 is 12.1 Å². The van der Waals surface area contributed by atoms with Crippen molar-refractivity contribution in [3.63, 3.8) is 0 Å². The molecule has 4 rings (SSSR count). The van der Waals surface area contributed by atoms with Gasteiger partial charge in [-0.15, -0.1) is 0 Å². The lowest BCUT2D eigenvalue weighted by Gasteiger charge is -2.29. The van der Waals surface area contributed by atoms with Gasteiger partial charge in [-0.05, 0) is 41.5 Å². The second kappa shape index (κ2) is 11.4. The van der Waals surface area contributed by atoms with E-state index >= 15 is 0 Å². The van der Waals surface area contributed by atoms with Gasteiger partial charge in [-0.2, -0.15) is 0 Å². The number of methoxy groups -OCH3 is 1. The lowest BCUT2D eigenvalue weighted by Crippen LogP contribution is -2.43. The minimum Gasteiger partial charge on any atom is -0.479 e. The summed E-state index contributed by atoms with van der Waals surface area (Å²) >= 11 is 0. The molecule has 8 nitrogen and oxygen atoms in total. The van der Waals surface area contributed by atoms with E-state index in [0.717, 1.165) is 30.4 Å². The summed E-state index contributed by atoms with van der Waals surface area (Å²) in [5, 5.41) is 14.8. The topological polar surface area (TPSA) is 114 Å². The van der Waals surface area contributed by atoms with Crippen LogP contribution < -0.4 is 10.6 Å². The van der Waals surface area contributed by atoms with Gasteiger partial charge < -0.3 is 25.2 Å². The molecular formula is C27H32N2O6. The number of amides is 2. The van der Waals surface area contributed by atoms with E-state index in [0.29, 0.717) is 6.42 Å². The van der Waals surface area contributed by atoms with Gasteiger partial charge in [0.15, 0.2) is 6.10 Å². The molecule has 2 aromatic carbocycles. The molecule has 0 spiro atoms. The molecule has 0 aromatic heterocycles. The third kappa shape index (κ3) is 5.82. The van der Waals surface area contributed by atoms with Crippen molar-refractivity contribution < 1.29 is 29.0 Å². The normalized spacial score (nSPS) is 19.8. The highest BCUT2D eigenvalue weighted by Gasteiger charge is 2.31. The van der Waals surface area contributed by atoms with Crippen molar-refractivity contribution in [1.82, 2.24) is 10.6 Å². The molecule has 1 fully saturated rings. The molecule has 1 saturated carbocycles. The van der Waals surface area contributed by atoms with Gasteiger partial charge in [0.25, 0.3) is 0 Å². The monoisotopic (exact) mass is 480 g/mol. The quantitative estimate of drug-likeness (QED) is 0.504. The summed E-state index contributed by atoms with van der Waals surface area (Å²) in [6.07, 6.45) is 1.67. The van der Waals surface area contributed by atoms with E-state index in [-0.39, 0.29) is 43.4 Å².